The molecule has 1 amide bonds. The molecule has 3 aromatic heterocycles. The van der Waals surface area contributed by atoms with Crippen LogP contribution >= 0.6 is 0 Å². The molecule has 0 aliphatic carbocycles. The zero-order chi connectivity index (χ0) is 23.0. The number of hydrogen-bond donors (Lipinski definition) is 1. The van der Waals surface area contributed by atoms with Crippen LogP contribution in [0.1, 0.15) is 28.9 Å². The Kier molecular flexibility index (Phi) is 6.85. The topological polar surface area (TPSA) is 77.0 Å². The van der Waals surface area contributed by atoms with Crippen LogP contribution in [0, 0.1) is 0 Å². The van der Waals surface area contributed by atoms with E-state index < -0.39 is 0 Å². The first-order valence-corrected chi connectivity index (χ1v) is 10.6. The number of para-hydroxylation sites is 1. The Hall–Kier alpha value is -4.32. The summed E-state index contributed by atoms with van der Waals surface area (Å²) in [5, 5.41) is 3.07. The maximum atomic E-state index is 13.3. The van der Waals surface area contributed by atoms with Crippen molar-refractivity contribution in [2.45, 2.75) is 13.0 Å². The van der Waals surface area contributed by atoms with E-state index >= 15 is 0 Å². The summed E-state index contributed by atoms with van der Waals surface area (Å²) in [5.74, 6) is 0.487. The van der Waals surface area contributed by atoms with Gasteiger partial charge in [0.25, 0.3) is 5.91 Å². The lowest BCUT2D eigenvalue weighted by Gasteiger charge is -2.18. The number of carbonyl (C=O) groups excluding carboxylic acids is 1. The van der Waals surface area contributed by atoms with Gasteiger partial charge in [0.05, 0.1) is 28.8 Å². The highest BCUT2D eigenvalue weighted by atomic mass is 16.5. The first-order chi connectivity index (χ1) is 16.2. The fourth-order valence-corrected chi connectivity index (χ4v) is 3.43. The van der Waals surface area contributed by atoms with Crippen LogP contribution in [0.15, 0.2) is 97.8 Å². The predicted molar refractivity (Wildman–Crippen MR) is 129 cm³/mol. The Morgan fingerprint density at radius 2 is 1.55 bits per heavy atom. The zero-order valence-corrected chi connectivity index (χ0v) is 18.3. The first-order valence-electron chi connectivity index (χ1n) is 10.6. The molecule has 6 heteroatoms. The quantitative estimate of drug-likeness (QED) is 0.381. The third-order valence-corrected chi connectivity index (χ3v) is 5.03. The molecule has 0 aliphatic heterocycles. The van der Waals surface area contributed by atoms with Crippen LogP contribution in [0.3, 0.4) is 0 Å². The molecule has 0 radical (unpaired) electrons. The number of aromatic nitrogens is 3. The van der Waals surface area contributed by atoms with E-state index in [0.29, 0.717) is 40.7 Å². The van der Waals surface area contributed by atoms with Crippen LogP contribution in [0.4, 0.5) is 0 Å². The van der Waals surface area contributed by atoms with Crippen molar-refractivity contribution in [2.24, 2.45) is 0 Å². The molecule has 1 unspecified atom stereocenters. The highest BCUT2D eigenvalue weighted by Crippen LogP contribution is 2.26. The monoisotopic (exact) mass is 436 g/mol. The fraction of sp³-hybridized carbons (Fsp3) is 0.111. The largest absolute Gasteiger partial charge is 0.489 e. The van der Waals surface area contributed by atoms with Gasteiger partial charge in [-0.3, -0.25) is 14.8 Å². The van der Waals surface area contributed by atoms with Crippen molar-refractivity contribution in [3.05, 3.63) is 109 Å². The highest BCUT2D eigenvalue weighted by Gasteiger charge is 2.18. The van der Waals surface area contributed by atoms with Crippen molar-refractivity contribution < 1.29 is 9.53 Å². The molecule has 6 nitrogen and oxygen atoms in total. The smallest absolute Gasteiger partial charge is 0.251 e. The molecule has 164 valence electrons. The molecule has 0 saturated carbocycles. The normalized spacial score (nSPS) is 11.4. The lowest BCUT2D eigenvalue weighted by atomic mass is 10.1. The van der Waals surface area contributed by atoms with Crippen LogP contribution in [0.25, 0.3) is 22.8 Å². The number of nitrogens with zero attached hydrogens (tertiary/aromatic N) is 3. The molecule has 3 heterocycles. The maximum Gasteiger partial charge on any atom is 0.251 e. The second-order valence-electron chi connectivity index (χ2n) is 7.39. The first kappa shape index (κ1) is 21.9. The van der Waals surface area contributed by atoms with E-state index in [2.05, 4.69) is 21.9 Å². The lowest BCUT2D eigenvalue weighted by Crippen LogP contribution is -2.27. The summed E-state index contributed by atoms with van der Waals surface area (Å²) >= 11 is 0. The molecule has 1 N–H and O–H groups in total. The van der Waals surface area contributed by atoms with E-state index in [9.17, 15) is 4.79 Å². The Labute approximate surface area is 193 Å². The van der Waals surface area contributed by atoms with Crippen LogP contribution < -0.4 is 10.1 Å². The Morgan fingerprint density at radius 3 is 2.12 bits per heavy atom. The fourth-order valence-electron chi connectivity index (χ4n) is 3.43. The van der Waals surface area contributed by atoms with Gasteiger partial charge >= 0.3 is 0 Å². The molecule has 0 aliphatic rings. The molecular weight excluding hydrogens is 412 g/mol. The maximum absolute atomic E-state index is 13.3. The van der Waals surface area contributed by atoms with Gasteiger partial charge in [0.2, 0.25) is 0 Å². The molecule has 1 aromatic carbocycles. The van der Waals surface area contributed by atoms with Crippen molar-refractivity contribution in [1.29, 1.82) is 0 Å². The molecule has 4 aromatic rings. The summed E-state index contributed by atoms with van der Waals surface area (Å²) in [7, 11) is 0. The zero-order valence-electron chi connectivity index (χ0n) is 18.3. The second kappa shape index (κ2) is 10.3. The number of benzene rings is 1. The number of nitrogens with one attached hydrogen (secondary N) is 1. The van der Waals surface area contributed by atoms with Gasteiger partial charge < -0.3 is 10.1 Å². The Morgan fingerprint density at radius 1 is 0.939 bits per heavy atom. The van der Waals surface area contributed by atoms with Crippen LogP contribution in [0.2, 0.25) is 0 Å². The third-order valence-electron chi connectivity index (χ3n) is 5.03. The van der Waals surface area contributed by atoms with E-state index in [0.717, 1.165) is 5.56 Å². The Bertz CT molecular complexity index is 1190. The van der Waals surface area contributed by atoms with Crippen LogP contribution in [-0.4, -0.2) is 27.5 Å². The molecule has 4 rings (SSSR count). The van der Waals surface area contributed by atoms with Gasteiger partial charge in [-0.1, -0.05) is 43.0 Å². The van der Waals surface area contributed by atoms with E-state index in [1.165, 1.54) is 0 Å². The molecular formula is C27H24N4O2. The van der Waals surface area contributed by atoms with Crippen LogP contribution in [0.5, 0.6) is 5.75 Å². The standard InChI is InChI=1S/C27H24N4O2/c1-3-16-33-26-13-5-4-10-21(26)19(2)30-27(32)20-17-24(22-11-6-8-14-28-22)31-25(18-20)23-12-7-9-15-29-23/h3-15,17-19H,1,16H2,2H3,(H,30,32). The van der Waals surface area contributed by atoms with Crippen LogP contribution in [-0.2, 0) is 0 Å². The average Bonchev–Trinajstić information content (AvgIpc) is 2.88. The summed E-state index contributed by atoms with van der Waals surface area (Å²) in [5.41, 5.74) is 3.93. The second-order valence-corrected chi connectivity index (χ2v) is 7.39. The predicted octanol–water partition coefficient (Wildman–Crippen LogP) is 5.26. The van der Waals surface area contributed by atoms with Gasteiger partial charge in [-0.25, -0.2) is 4.98 Å². The number of carbonyl (C=O) groups is 1. The summed E-state index contributed by atoms with van der Waals surface area (Å²) in [4.78, 5) is 26.8. The molecule has 0 saturated heterocycles. The van der Waals surface area contributed by atoms with Crippen molar-refractivity contribution in [1.82, 2.24) is 20.3 Å². The summed E-state index contributed by atoms with van der Waals surface area (Å²) in [6, 6.07) is 22.0. The summed E-state index contributed by atoms with van der Waals surface area (Å²) < 4.78 is 5.75. The minimum absolute atomic E-state index is 0.224. The van der Waals surface area contributed by atoms with E-state index in [4.69, 9.17) is 9.72 Å². The molecule has 1 atom stereocenters. The average molecular weight is 437 g/mol. The summed E-state index contributed by atoms with van der Waals surface area (Å²) in [6.45, 7) is 6.01. The third kappa shape index (κ3) is 5.30. The van der Waals surface area contributed by atoms with Crippen molar-refractivity contribution in [3.63, 3.8) is 0 Å². The van der Waals surface area contributed by atoms with Gasteiger partial charge in [-0.2, -0.15) is 0 Å². The van der Waals surface area contributed by atoms with Gasteiger partial charge in [-0.05, 0) is 49.4 Å². The number of hydrogen-bond acceptors (Lipinski definition) is 5. The Balaban J connectivity index is 1.67. The van der Waals surface area contributed by atoms with Crippen molar-refractivity contribution in [3.8, 4) is 28.5 Å². The van der Waals surface area contributed by atoms with Gasteiger partial charge in [0, 0.05) is 23.5 Å². The molecule has 0 bridgehead atoms. The minimum atomic E-state index is -0.275. The van der Waals surface area contributed by atoms with Crippen molar-refractivity contribution >= 4 is 5.91 Å². The number of pyridine rings is 3. The number of ether oxygens (including phenoxy) is 1. The van der Waals surface area contributed by atoms with Crippen molar-refractivity contribution in [2.75, 3.05) is 6.61 Å². The van der Waals surface area contributed by atoms with Gasteiger partial charge in [0.1, 0.15) is 12.4 Å². The highest BCUT2D eigenvalue weighted by molar-refractivity contribution is 5.96. The number of rotatable bonds is 8. The van der Waals surface area contributed by atoms with Gasteiger partial charge in [0.15, 0.2) is 0 Å². The molecule has 33 heavy (non-hydrogen) atoms. The number of amides is 1. The molecule has 0 spiro atoms. The lowest BCUT2D eigenvalue weighted by molar-refractivity contribution is 0.0939. The minimum Gasteiger partial charge on any atom is -0.489 e. The van der Waals surface area contributed by atoms with E-state index in [1.54, 1.807) is 30.6 Å². The summed E-state index contributed by atoms with van der Waals surface area (Å²) in [6.07, 6.45) is 5.09. The van der Waals surface area contributed by atoms with E-state index in [1.807, 2.05) is 67.6 Å². The van der Waals surface area contributed by atoms with E-state index in [-0.39, 0.29) is 11.9 Å². The molecule has 0 fully saturated rings. The van der Waals surface area contributed by atoms with Gasteiger partial charge in [-0.15, -0.1) is 0 Å². The SMILES string of the molecule is C=CCOc1ccccc1C(C)NC(=O)c1cc(-c2ccccn2)nc(-c2ccccn2)c1.